The number of amides is 1. The maximum Gasteiger partial charge on any atom is 0.274 e. The normalized spacial score (nSPS) is 18.9. The van der Waals surface area contributed by atoms with E-state index >= 15 is 0 Å². The third-order valence-corrected chi connectivity index (χ3v) is 8.44. The van der Waals surface area contributed by atoms with Crippen molar-refractivity contribution in [1.29, 1.82) is 0 Å². The summed E-state index contributed by atoms with van der Waals surface area (Å²) >= 11 is 6.51. The van der Waals surface area contributed by atoms with Crippen molar-refractivity contribution in [3.05, 3.63) is 88.2 Å². The number of oxime groups is 1. The molecule has 0 bridgehead atoms. The summed E-state index contributed by atoms with van der Waals surface area (Å²) in [6.45, 7) is 6.06. The lowest BCUT2D eigenvalue weighted by Gasteiger charge is -2.32. The Hall–Kier alpha value is -3.46. The molecule has 2 aliphatic heterocycles. The van der Waals surface area contributed by atoms with E-state index in [4.69, 9.17) is 21.2 Å². The molecule has 1 amide bonds. The smallest absolute Gasteiger partial charge is 0.274 e. The molecule has 228 valence electrons. The number of ether oxygens (including phenoxy) is 1. The van der Waals surface area contributed by atoms with Gasteiger partial charge in [0, 0.05) is 17.7 Å². The number of carbonyl (C=O) groups is 1. The first-order valence-electron chi connectivity index (χ1n) is 14.5. The number of likely N-dealkylation sites (tertiary alicyclic amines) is 1. The van der Waals surface area contributed by atoms with Crippen LogP contribution in [0.5, 0.6) is 5.75 Å². The Labute approximate surface area is 257 Å². The molecule has 2 fully saturated rings. The highest BCUT2D eigenvalue weighted by Crippen LogP contribution is 2.37. The van der Waals surface area contributed by atoms with Gasteiger partial charge >= 0.3 is 0 Å². The van der Waals surface area contributed by atoms with Crippen LogP contribution in [0.1, 0.15) is 69.8 Å². The van der Waals surface area contributed by atoms with Gasteiger partial charge in [0.05, 0.1) is 17.2 Å². The van der Waals surface area contributed by atoms with E-state index in [9.17, 15) is 14.3 Å². The molecule has 0 aromatic heterocycles. The van der Waals surface area contributed by atoms with Gasteiger partial charge in [0.25, 0.3) is 5.91 Å². The first kappa shape index (κ1) is 31.0. The van der Waals surface area contributed by atoms with Gasteiger partial charge in [-0.15, -0.1) is 0 Å². The van der Waals surface area contributed by atoms with Crippen LogP contribution in [0.3, 0.4) is 0 Å². The number of aliphatic hydroxyl groups excluding tert-OH is 1. The summed E-state index contributed by atoms with van der Waals surface area (Å²) in [6, 6.07) is 16.6. The monoisotopic (exact) mass is 607 g/mol. The number of hydrogen-bond acceptors (Lipinski definition) is 6. The first-order chi connectivity index (χ1) is 20.2. The Morgan fingerprint density at radius 1 is 1.12 bits per heavy atom. The molecule has 0 unspecified atom stereocenters. The summed E-state index contributed by atoms with van der Waals surface area (Å²) in [5.41, 5.74) is 3.11. The van der Waals surface area contributed by atoms with E-state index in [2.05, 4.69) is 15.4 Å². The first-order valence-corrected chi connectivity index (χ1v) is 14.9. The van der Waals surface area contributed by atoms with Gasteiger partial charge in [0.1, 0.15) is 17.7 Å². The fourth-order valence-corrected chi connectivity index (χ4v) is 5.83. The fourth-order valence-electron chi connectivity index (χ4n) is 5.59. The lowest BCUT2D eigenvalue weighted by Crippen LogP contribution is -2.49. The Kier molecular flexibility index (Phi) is 9.11. The molecule has 1 saturated heterocycles. The SMILES string of the molecule is C.CC1(C)ON=C(C(=O)N[C@H](CN2CCCC2)[C@H](O)c2ccc(OC3CC3)c(Cl)c2)c2ccc(-c3ccc(F)cc3)cc21. The minimum Gasteiger partial charge on any atom is -0.489 e. The van der Waals surface area contributed by atoms with Gasteiger partial charge in [-0.3, -0.25) is 4.79 Å². The summed E-state index contributed by atoms with van der Waals surface area (Å²) in [5, 5.41) is 19.2. The molecule has 3 aromatic rings. The molecule has 9 heteroatoms. The lowest BCUT2D eigenvalue weighted by atomic mass is 9.87. The summed E-state index contributed by atoms with van der Waals surface area (Å²) in [6.07, 6.45) is 3.39. The molecule has 0 radical (unpaired) electrons. The second kappa shape index (κ2) is 12.6. The standard InChI is InChI=1S/C33H35ClFN3O4.CH4/c1-33(2)26-17-21(20-5-9-23(35)10-6-20)7-13-25(26)30(37-42-33)32(40)36-28(19-38-15-3-4-16-38)31(39)22-8-14-29(27(34)18-22)41-24-11-12-24;/h5-10,13-14,17-18,24,28,31,39H,3-4,11-12,15-16,19H2,1-2H3,(H,36,40);1H4/t28-,31-;/m1./s1. The molecule has 43 heavy (non-hydrogen) atoms. The lowest BCUT2D eigenvalue weighted by molar-refractivity contribution is -0.117. The van der Waals surface area contributed by atoms with E-state index in [1.165, 1.54) is 12.1 Å². The van der Waals surface area contributed by atoms with Crippen molar-refractivity contribution in [2.45, 2.75) is 70.8 Å². The Morgan fingerprint density at radius 3 is 2.49 bits per heavy atom. The van der Waals surface area contributed by atoms with Crippen molar-refractivity contribution < 1.29 is 23.9 Å². The zero-order valence-electron chi connectivity index (χ0n) is 23.8. The van der Waals surface area contributed by atoms with E-state index in [-0.39, 0.29) is 25.1 Å². The minimum absolute atomic E-state index is 0. The van der Waals surface area contributed by atoms with Crippen LogP contribution < -0.4 is 10.1 Å². The number of nitrogens with zero attached hydrogens (tertiary/aromatic N) is 2. The van der Waals surface area contributed by atoms with Crippen molar-refractivity contribution in [3.63, 3.8) is 0 Å². The molecular weight excluding hydrogens is 569 g/mol. The van der Waals surface area contributed by atoms with Crippen LogP contribution in [0, 0.1) is 5.82 Å². The van der Waals surface area contributed by atoms with Gasteiger partial charge in [-0.1, -0.05) is 54.5 Å². The van der Waals surface area contributed by atoms with E-state index < -0.39 is 23.7 Å². The topological polar surface area (TPSA) is 83.4 Å². The molecule has 1 saturated carbocycles. The van der Waals surface area contributed by atoms with Gasteiger partial charge in [0.2, 0.25) is 0 Å². The molecule has 1 aliphatic carbocycles. The van der Waals surface area contributed by atoms with E-state index in [1.54, 1.807) is 30.3 Å². The second-order valence-electron chi connectivity index (χ2n) is 11.8. The van der Waals surface area contributed by atoms with E-state index in [0.29, 0.717) is 28.4 Å². The number of nitrogens with one attached hydrogen (secondary N) is 1. The van der Waals surface area contributed by atoms with Gasteiger partial charge in [0.15, 0.2) is 11.3 Å². The van der Waals surface area contributed by atoms with Crippen molar-refractivity contribution >= 4 is 23.2 Å². The molecule has 7 nitrogen and oxygen atoms in total. The molecule has 2 N–H and O–H groups in total. The molecule has 2 heterocycles. The molecule has 6 rings (SSSR count). The number of carbonyl (C=O) groups excluding carboxylic acids is 1. The van der Waals surface area contributed by atoms with Crippen molar-refractivity contribution in [1.82, 2.24) is 10.2 Å². The predicted octanol–water partition coefficient (Wildman–Crippen LogP) is 6.61. The Bertz CT molecular complexity index is 1500. The van der Waals surface area contributed by atoms with Gasteiger partial charge < -0.3 is 24.9 Å². The van der Waals surface area contributed by atoms with Crippen LogP contribution in [0.15, 0.2) is 65.8 Å². The second-order valence-corrected chi connectivity index (χ2v) is 12.3. The molecule has 3 aliphatic rings. The Balaban J connectivity index is 0.00000368. The molecule has 2 atom stereocenters. The number of benzene rings is 3. The average Bonchev–Trinajstić information content (AvgIpc) is 3.65. The number of halogens is 2. The predicted molar refractivity (Wildman–Crippen MR) is 167 cm³/mol. The van der Waals surface area contributed by atoms with E-state index in [1.807, 2.05) is 32.0 Å². The largest absolute Gasteiger partial charge is 0.489 e. The quantitative estimate of drug-likeness (QED) is 0.286. The minimum atomic E-state index is -1.01. The van der Waals surface area contributed by atoms with Crippen LogP contribution in [0.25, 0.3) is 11.1 Å². The third kappa shape index (κ3) is 6.87. The number of hydrogen-bond donors (Lipinski definition) is 2. The van der Waals surface area contributed by atoms with Crippen LogP contribution in [-0.4, -0.2) is 53.4 Å². The highest BCUT2D eigenvalue weighted by Gasteiger charge is 2.36. The van der Waals surface area contributed by atoms with Crippen LogP contribution in [-0.2, 0) is 15.2 Å². The molecule has 3 aromatic carbocycles. The molecular formula is C34H39ClFN3O4. The van der Waals surface area contributed by atoms with E-state index in [0.717, 1.165) is 55.5 Å². The number of rotatable bonds is 9. The number of fused-ring (bicyclic) bond motifs is 1. The highest BCUT2D eigenvalue weighted by atomic mass is 35.5. The summed E-state index contributed by atoms with van der Waals surface area (Å²) in [7, 11) is 0. The fraction of sp³-hybridized carbons (Fsp3) is 0.412. The zero-order chi connectivity index (χ0) is 29.4. The van der Waals surface area contributed by atoms with Crippen molar-refractivity contribution in [2.75, 3.05) is 19.6 Å². The maximum atomic E-state index is 13.8. The average molecular weight is 608 g/mol. The summed E-state index contributed by atoms with van der Waals surface area (Å²) in [4.78, 5) is 21.9. The van der Waals surface area contributed by atoms with Crippen molar-refractivity contribution in [3.8, 4) is 16.9 Å². The van der Waals surface area contributed by atoms with Crippen LogP contribution >= 0.6 is 11.6 Å². The van der Waals surface area contributed by atoms with Gasteiger partial charge in [-0.25, -0.2) is 4.39 Å². The Morgan fingerprint density at radius 2 is 1.81 bits per heavy atom. The zero-order valence-corrected chi connectivity index (χ0v) is 24.5. The maximum absolute atomic E-state index is 13.8. The summed E-state index contributed by atoms with van der Waals surface area (Å²) in [5.74, 6) is -0.144. The van der Waals surface area contributed by atoms with Gasteiger partial charge in [-0.05, 0) is 99.6 Å². The van der Waals surface area contributed by atoms with Crippen LogP contribution in [0.2, 0.25) is 5.02 Å². The van der Waals surface area contributed by atoms with Gasteiger partial charge in [-0.2, -0.15) is 0 Å². The third-order valence-electron chi connectivity index (χ3n) is 8.15. The number of aliphatic hydroxyl groups is 1. The molecule has 0 spiro atoms. The van der Waals surface area contributed by atoms with Crippen LogP contribution in [0.4, 0.5) is 4.39 Å². The highest BCUT2D eigenvalue weighted by molar-refractivity contribution is 6.45. The van der Waals surface area contributed by atoms with Crippen molar-refractivity contribution in [2.24, 2.45) is 5.16 Å². The summed E-state index contributed by atoms with van der Waals surface area (Å²) < 4.78 is 19.4.